The van der Waals surface area contributed by atoms with Crippen LogP contribution in [0.25, 0.3) is 0 Å². The first-order valence-electron chi connectivity index (χ1n) is 7.47. The number of hydrogen-bond acceptors (Lipinski definition) is 8. The Labute approximate surface area is 134 Å². The lowest BCUT2D eigenvalue weighted by Gasteiger charge is -2.33. The van der Waals surface area contributed by atoms with E-state index in [4.69, 9.17) is 16.9 Å². The average molecular weight is 320 g/mol. The van der Waals surface area contributed by atoms with Crippen molar-refractivity contribution in [2.24, 2.45) is 15.7 Å². The summed E-state index contributed by atoms with van der Waals surface area (Å²) in [6.45, 7) is 1.78. The van der Waals surface area contributed by atoms with Gasteiger partial charge in [0.15, 0.2) is 6.23 Å². The number of aliphatic imine (C=N–C) groups is 2. The van der Waals surface area contributed by atoms with E-state index in [0.29, 0.717) is 23.4 Å². The van der Waals surface area contributed by atoms with E-state index in [1.165, 1.54) is 6.34 Å². The highest BCUT2D eigenvalue weighted by molar-refractivity contribution is 6.09. The van der Waals surface area contributed by atoms with Crippen LogP contribution in [-0.4, -0.2) is 75.7 Å². The zero-order chi connectivity index (χ0) is 16.8. The van der Waals surface area contributed by atoms with E-state index in [1.807, 2.05) is 6.92 Å². The van der Waals surface area contributed by atoms with Gasteiger partial charge in [0.25, 0.3) is 0 Å². The molecule has 0 amide bonds. The molecule has 0 aromatic rings. The minimum absolute atomic E-state index is 0.277. The van der Waals surface area contributed by atoms with E-state index in [1.54, 1.807) is 4.90 Å². The monoisotopic (exact) mass is 320 g/mol. The maximum Gasteiger partial charge on any atom is 0.161 e. The van der Waals surface area contributed by atoms with Crippen LogP contribution >= 0.6 is 0 Å². The molecular weight excluding hydrogens is 300 g/mol. The second-order valence-electron chi connectivity index (χ2n) is 5.83. The third-order valence-corrected chi connectivity index (χ3v) is 4.56. The highest BCUT2D eigenvalue weighted by Crippen LogP contribution is 2.36. The molecule has 0 aromatic carbocycles. The van der Waals surface area contributed by atoms with E-state index in [9.17, 15) is 15.3 Å². The molecule has 3 aliphatic rings. The summed E-state index contributed by atoms with van der Waals surface area (Å²) in [5, 5.41) is 29.4. The van der Waals surface area contributed by atoms with Crippen LogP contribution in [0.5, 0.6) is 0 Å². The second-order valence-corrected chi connectivity index (χ2v) is 5.83. The standard InChI is InChI=1S/C15H20N4O4/c1-3-8-5-19(14-12(22)11(21)9(6-20)23-14)13-10(8)15(16,4-2)18-7-17-13/h1,7,9,11-12,14,20-22H,4-6,16H2,2H3/t9-,11-,12-,14-,15?/m1/s1. The Bertz CT molecular complexity index is 638. The first-order chi connectivity index (χ1) is 11.0. The van der Waals surface area contributed by atoms with Crippen molar-refractivity contribution in [3.05, 3.63) is 11.1 Å². The minimum atomic E-state index is -1.19. The lowest BCUT2D eigenvalue weighted by Crippen LogP contribution is -2.50. The van der Waals surface area contributed by atoms with Crippen molar-refractivity contribution >= 4 is 12.2 Å². The largest absolute Gasteiger partial charge is 0.394 e. The van der Waals surface area contributed by atoms with E-state index in [2.05, 4.69) is 15.9 Å². The van der Waals surface area contributed by atoms with Gasteiger partial charge < -0.3 is 30.7 Å². The average Bonchev–Trinajstić information content (AvgIpc) is 3.07. The van der Waals surface area contributed by atoms with Crippen LogP contribution in [0.3, 0.4) is 0 Å². The van der Waals surface area contributed by atoms with Crippen LogP contribution in [-0.2, 0) is 4.74 Å². The summed E-state index contributed by atoms with van der Waals surface area (Å²) in [4.78, 5) is 10.2. The van der Waals surface area contributed by atoms with Crippen molar-refractivity contribution in [3.63, 3.8) is 0 Å². The van der Waals surface area contributed by atoms with Gasteiger partial charge in [-0.2, -0.15) is 0 Å². The van der Waals surface area contributed by atoms with Gasteiger partial charge in [-0.3, -0.25) is 0 Å². The number of hydrogen-bond donors (Lipinski definition) is 4. The maximum absolute atomic E-state index is 10.2. The lowest BCUT2D eigenvalue weighted by atomic mass is 9.93. The third kappa shape index (κ3) is 2.29. The summed E-state index contributed by atoms with van der Waals surface area (Å²) in [6, 6.07) is 0. The molecule has 0 bridgehead atoms. The summed E-state index contributed by atoms with van der Waals surface area (Å²) in [5.41, 5.74) is 6.64. The number of nitrogens with zero attached hydrogens (tertiary/aromatic N) is 3. The second kappa shape index (κ2) is 5.70. The molecular formula is C15H20N4O4. The highest BCUT2D eigenvalue weighted by Gasteiger charge is 2.50. The first kappa shape index (κ1) is 16.1. The molecule has 0 aliphatic carbocycles. The predicted molar refractivity (Wildman–Crippen MR) is 83.5 cm³/mol. The lowest BCUT2D eigenvalue weighted by molar-refractivity contribution is -0.0675. The fourth-order valence-corrected chi connectivity index (χ4v) is 3.18. The van der Waals surface area contributed by atoms with Crippen molar-refractivity contribution in [3.8, 4) is 12.3 Å². The van der Waals surface area contributed by atoms with E-state index < -0.39 is 36.8 Å². The van der Waals surface area contributed by atoms with Crippen molar-refractivity contribution in [2.75, 3.05) is 13.2 Å². The van der Waals surface area contributed by atoms with E-state index in [-0.39, 0.29) is 6.54 Å². The molecule has 8 nitrogen and oxygen atoms in total. The molecule has 23 heavy (non-hydrogen) atoms. The van der Waals surface area contributed by atoms with Gasteiger partial charge in [-0.05, 0) is 6.42 Å². The Kier molecular flexibility index (Phi) is 4.00. The normalized spacial score (nSPS) is 39.5. The summed E-state index contributed by atoms with van der Waals surface area (Å²) < 4.78 is 5.58. The van der Waals surface area contributed by atoms with E-state index >= 15 is 0 Å². The van der Waals surface area contributed by atoms with Gasteiger partial charge in [-0.25, -0.2) is 9.98 Å². The minimum Gasteiger partial charge on any atom is -0.394 e. The maximum atomic E-state index is 10.2. The highest BCUT2D eigenvalue weighted by atomic mass is 16.6. The number of terminal acetylenes is 1. The number of amidine groups is 1. The van der Waals surface area contributed by atoms with Crippen LogP contribution in [0.2, 0.25) is 0 Å². The van der Waals surface area contributed by atoms with Crippen LogP contribution in [0.1, 0.15) is 13.3 Å². The van der Waals surface area contributed by atoms with Crippen LogP contribution in [0.15, 0.2) is 21.1 Å². The number of aliphatic hydroxyl groups is 3. The summed E-state index contributed by atoms with van der Waals surface area (Å²) in [6.07, 6.45) is 3.40. The predicted octanol–water partition coefficient (Wildman–Crippen LogP) is -1.82. The molecule has 5 atom stereocenters. The Morgan fingerprint density at radius 2 is 2.26 bits per heavy atom. The summed E-state index contributed by atoms with van der Waals surface area (Å²) >= 11 is 0. The van der Waals surface area contributed by atoms with Gasteiger partial charge in [0.05, 0.1) is 13.2 Å². The molecule has 3 rings (SSSR count). The number of aliphatic hydroxyl groups excluding tert-OH is 3. The molecule has 1 fully saturated rings. The van der Waals surface area contributed by atoms with Crippen LogP contribution in [0, 0.1) is 12.3 Å². The Balaban J connectivity index is 1.96. The molecule has 5 N–H and O–H groups in total. The molecule has 0 saturated carbocycles. The zero-order valence-corrected chi connectivity index (χ0v) is 12.8. The van der Waals surface area contributed by atoms with Crippen molar-refractivity contribution in [1.29, 1.82) is 0 Å². The molecule has 8 heteroatoms. The van der Waals surface area contributed by atoms with Crippen molar-refractivity contribution in [1.82, 2.24) is 4.90 Å². The van der Waals surface area contributed by atoms with Crippen molar-refractivity contribution < 1.29 is 20.1 Å². The molecule has 0 radical (unpaired) electrons. The molecule has 124 valence electrons. The van der Waals surface area contributed by atoms with Gasteiger partial charge in [0.1, 0.15) is 36.1 Å². The zero-order valence-electron chi connectivity index (χ0n) is 12.8. The SMILES string of the molecule is C#CC1=C2C(=NC=NC2(N)CC)N([C@@H]2O[C@H](CO)[C@@H](O)[C@H]2O)C1. The fourth-order valence-electron chi connectivity index (χ4n) is 3.18. The van der Waals surface area contributed by atoms with Crippen molar-refractivity contribution in [2.45, 2.75) is 43.5 Å². The van der Waals surface area contributed by atoms with Gasteiger partial charge in [-0.15, -0.1) is 6.42 Å². The number of fused-ring (bicyclic) bond motifs is 1. The number of ether oxygens (including phenoxy) is 1. The van der Waals surface area contributed by atoms with Gasteiger partial charge in [0.2, 0.25) is 0 Å². The first-order valence-corrected chi connectivity index (χ1v) is 7.47. The summed E-state index contributed by atoms with van der Waals surface area (Å²) in [5.74, 6) is 3.10. The number of rotatable bonds is 3. The Morgan fingerprint density at radius 3 is 2.83 bits per heavy atom. The van der Waals surface area contributed by atoms with Gasteiger partial charge in [0, 0.05) is 11.1 Å². The van der Waals surface area contributed by atoms with E-state index in [0.717, 1.165) is 0 Å². The molecule has 1 unspecified atom stereocenters. The fraction of sp³-hybridized carbons (Fsp3) is 0.600. The Hall–Kier alpha value is -1.76. The topological polar surface area (TPSA) is 124 Å². The smallest absolute Gasteiger partial charge is 0.161 e. The molecule has 3 aliphatic heterocycles. The molecule has 3 heterocycles. The van der Waals surface area contributed by atoms with Gasteiger partial charge in [-0.1, -0.05) is 12.8 Å². The molecule has 1 saturated heterocycles. The van der Waals surface area contributed by atoms with Crippen LogP contribution < -0.4 is 5.73 Å². The van der Waals surface area contributed by atoms with Gasteiger partial charge >= 0.3 is 0 Å². The quantitative estimate of drug-likeness (QED) is 0.454. The third-order valence-electron chi connectivity index (χ3n) is 4.56. The summed E-state index contributed by atoms with van der Waals surface area (Å²) in [7, 11) is 0. The molecule has 0 aromatic heterocycles. The van der Waals surface area contributed by atoms with Crippen LogP contribution in [0.4, 0.5) is 0 Å². The Morgan fingerprint density at radius 1 is 1.52 bits per heavy atom. The molecule has 0 spiro atoms. The number of nitrogens with two attached hydrogens (primary N) is 1.